The van der Waals surface area contributed by atoms with Crippen molar-refractivity contribution in [3.05, 3.63) is 54.1 Å². The molecule has 6 nitrogen and oxygen atoms in total. The molecule has 0 spiro atoms. The maximum atomic E-state index is 12.1. The molecule has 0 bridgehead atoms. The summed E-state index contributed by atoms with van der Waals surface area (Å²) < 4.78 is 10.5. The van der Waals surface area contributed by atoms with Crippen molar-refractivity contribution < 1.29 is 19.1 Å². The molecule has 0 aliphatic heterocycles. The summed E-state index contributed by atoms with van der Waals surface area (Å²) in [6.07, 6.45) is 5.13. The van der Waals surface area contributed by atoms with Crippen molar-refractivity contribution in [2.24, 2.45) is 0 Å². The first-order valence-electron chi connectivity index (χ1n) is 7.51. The minimum Gasteiger partial charge on any atom is -0.497 e. The number of nitrogens with one attached hydrogen (secondary N) is 2. The Morgan fingerprint density at radius 2 is 1.76 bits per heavy atom. The van der Waals surface area contributed by atoms with Gasteiger partial charge in [0.1, 0.15) is 11.5 Å². The number of ether oxygens (including phenoxy) is 2. The van der Waals surface area contributed by atoms with Crippen LogP contribution in [0, 0.1) is 12.3 Å². The van der Waals surface area contributed by atoms with Gasteiger partial charge < -0.3 is 20.1 Å². The van der Waals surface area contributed by atoms with Crippen LogP contribution in [0.25, 0.3) is 0 Å². The maximum Gasteiger partial charge on any atom is 0.262 e. The van der Waals surface area contributed by atoms with E-state index in [4.69, 9.17) is 15.9 Å². The first-order valence-corrected chi connectivity index (χ1v) is 7.51. The van der Waals surface area contributed by atoms with E-state index < -0.39 is 0 Å². The Balaban J connectivity index is 1.96. The van der Waals surface area contributed by atoms with Crippen molar-refractivity contribution in [2.45, 2.75) is 0 Å². The Hall–Kier alpha value is -3.46. The predicted molar refractivity (Wildman–Crippen MR) is 94.7 cm³/mol. The normalized spacial score (nSPS) is 9.60. The topological polar surface area (TPSA) is 76.7 Å². The highest BCUT2D eigenvalue weighted by Crippen LogP contribution is 2.18. The molecule has 0 radical (unpaired) electrons. The van der Waals surface area contributed by atoms with Crippen molar-refractivity contribution in [3.8, 4) is 23.8 Å². The number of methoxy groups -OCH3 is 1. The van der Waals surface area contributed by atoms with Crippen LogP contribution in [-0.4, -0.2) is 32.1 Å². The lowest BCUT2D eigenvalue weighted by atomic mass is 10.1. The molecule has 0 atom stereocenters. The number of hydrogen-bond donors (Lipinski definition) is 2. The van der Waals surface area contributed by atoms with E-state index in [1.165, 1.54) is 0 Å². The second-order valence-corrected chi connectivity index (χ2v) is 4.94. The van der Waals surface area contributed by atoms with Crippen LogP contribution in [0.3, 0.4) is 0 Å². The molecule has 0 heterocycles. The lowest BCUT2D eigenvalue weighted by Crippen LogP contribution is -2.26. The van der Waals surface area contributed by atoms with E-state index in [0.29, 0.717) is 22.7 Å². The van der Waals surface area contributed by atoms with E-state index in [-0.39, 0.29) is 25.0 Å². The number of amides is 2. The minimum atomic E-state index is -0.381. The van der Waals surface area contributed by atoms with Gasteiger partial charge in [0, 0.05) is 0 Å². The summed E-state index contributed by atoms with van der Waals surface area (Å²) in [4.78, 5) is 24.1. The zero-order chi connectivity index (χ0) is 18.1. The van der Waals surface area contributed by atoms with E-state index >= 15 is 0 Å². The first kappa shape index (κ1) is 17.9. The van der Waals surface area contributed by atoms with Gasteiger partial charge in [-0.1, -0.05) is 18.1 Å². The lowest BCUT2D eigenvalue weighted by Gasteiger charge is -2.11. The van der Waals surface area contributed by atoms with Crippen molar-refractivity contribution >= 4 is 17.5 Å². The number of para-hydroxylation sites is 1. The molecule has 0 saturated carbocycles. The van der Waals surface area contributed by atoms with Crippen LogP contribution in [0.4, 0.5) is 5.69 Å². The summed E-state index contributed by atoms with van der Waals surface area (Å²) in [5.41, 5.74) is 0.718. The number of benzene rings is 2. The summed E-state index contributed by atoms with van der Waals surface area (Å²) in [6, 6.07) is 13.5. The highest BCUT2D eigenvalue weighted by Gasteiger charge is 2.12. The molecule has 2 N–H and O–H groups in total. The van der Waals surface area contributed by atoms with Gasteiger partial charge in [0.25, 0.3) is 11.8 Å². The van der Waals surface area contributed by atoms with Crippen molar-refractivity contribution in [1.82, 2.24) is 5.32 Å². The largest absolute Gasteiger partial charge is 0.497 e. The second-order valence-electron chi connectivity index (χ2n) is 4.94. The molecule has 0 fully saturated rings. The van der Waals surface area contributed by atoms with Gasteiger partial charge >= 0.3 is 0 Å². The molecule has 0 aliphatic rings. The molecule has 2 amide bonds. The summed E-state index contributed by atoms with van der Waals surface area (Å²) in [6.45, 7) is -0.0751. The van der Waals surface area contributed by atoms with Crippen LogP contribution in [0.1, 0.15) is 10.4 Å². The number of carbonyl (C=O) groups excluding carboxylic acids is 2. The van der Waals surface area contributed by atoms with E-state index in [9.17, 15) is 9.59 Å². The van der Waals surface area contributed by atoms with Gasteiger partial charge in [0.2, 0.25) is 0 Å². The second kappa shape index (κ2) is 8.99. The quantitative estimate of drug-likeness (QED) is 0.758. The van der Waals surface area contributed by atoms with Crippen molar-refractivity contribution in [1.29, 1.82) is 0 Å². The summed E-state index contributed by atoms with van der Waals surface area (Å²) in [5, 5.41) is 5.22. The average Bonchev–Trinajstić information content (AvgIpc) is 2.65. The summed E-state index contributed by atoms with van der Waals surface area (Å²) >= 11 is 0. The Labute approximate surface area is 146 Å². The molecule has 25 heavy (non-hydrogen) atoms. The number of carbonyl (C=O) groups is 2. The summed E-state index contributed by atoms with van der Waals surface area (Å²) in [5.74, 6) is 2.82. The Morgan fingerprint density at radius 1 is 1.08 bits per heavy atom. The summed E-state index contributed by atoms with van der Waals surface area (Å²) in [7, 11) is 1.57. The van der Waals surface area contributed by atoms with Crippen LogP contribution in [0.2, 0.25) is 0 Å². The first-order chi connectivity index (χ1) is 12.1. The monoisotopic (exact) mass is 338 g/mol. The Kier molecular flexibility index (Phi) is 6.43. The number of hydrogen-bond acceptors (Lipinski definition) is 4. The number of rotatable bonds is 7. The third-order valence-electron chi connectivity index (χ3n) is 3.23. The molecule has 2 aromatic carbocycles. The average molecular weight is 338 g/mol. The van der Waals surface area contributed by atoms with Crippen LogP contribution >= 0.6 is 0 Å². The van der Waals surface area contributed by atoms with Crippen molar-refractivity contribution in [3.63, 3.8) is 0 Å². The Bertz CT molecular complexity index is 779. The molecular formula is C19H18N2O4. The third-order valence-corrected chi connectivity index (χ3v) is 3.23. The molecule has 0 aromatic heterocycles. The van der Waals surface area contributed by atoms with Gasteiger partial charge in [-0.05, 0) is 36.4 Å². The highest BCUT2D eigenvalue weighted by atomic mass is 16.5. The molecule has 0 saturated heterocycles. The smallest absolute Gasteiger partial charge is 0.262 e. The maximum absolute atomic E-state index is 12.1. The van der Waals surface area contributed by atoms with E-state index in [2.05, 4.69) is 16.6 Å². The minimum absolute atomic E-state index is 0.113. The molecule has 0 unspecified atom stereocenters. The zero-order valence-corrected chi connectivity index (χ0v) is 13.7. The molecule has 2 rings (SSSR count). The van der Waals surface area contributed by atoms with Crippen LogP contribution in [0.15, 0.2) is 48.5 Å². The third kappa shape index (κ3) is 5.29. The SMILES string of the molecule is C#CCNC(=O)c1ccccc1NC(=O)COc1ccc(OC)cc1. The molecule has 128 valence electrons. The van der Waals surface area contributed by atoms with E-state index in [0.717, 1.165) is 0 Å². The number of terminal acetylenes is 1. The van der Waals surface area contributed by atoms with Gasteiger partial charge in [0.05, 0.1) is 24.9 Å². The van der Waals surface area contributed by atoms with Gasteiger partial charge in [0.15, 0.2) is 6.61 Å². The molecule has 0 aliphatic carbocycles. The molecule has 6 heteroatoms. The van der Waals surface area contributed by atoms with Gasteiger partial charge in [-0.3, -0.25) is 9.59 Å². The molecular weight excluding hydrogens is 320 g/mol. The van der Waals surface area contributed by atoms with Crippen LogP contribution in [0.5, 0.6) is 11.5 Å². The standard InChI is InChI=1S/C19H18N2O4/c1-3-12-20-19(23)16-6-4-5-7-17(16)21-18(22)13-25-15-10-8-14(24-2)9-11-15/h1,4-11H,12-13H2,2H3,(H,20,23)(H,21,22). The predicted octanol–water partition coefficient (Wildman–Crippen LogP) is 2.08. The van der Waals surface area contributed by atoms with E-state index in [1.807, 2.05) is 0 Å². The van der Waals surface area contributed by atoms with Gasteiger partial charge in [-0.15, -0.1) is 6.42 Å². The van der Waals surface area contributed by atoms with Gasteiger partial charge in [-0.25, -0.2) is 0 Å². The fourth-order valence-corrected chi connectivity index (χ4v) is 2.02. The number of anilines is 1. The fraction of sp³-hybridized carbons (Fsp3) is 0.158. The fourth-order valence-electron chi connectivity index (χ4n) is 2.02. The molecule has 2 aromatic rings. The van der Waals surface area contributed by atoms with E-state index in [1.54, 1.807) is 55.6 Å². The van der Waals surface area contributed by atoms with Crippen LogP contribution in [-0.2, 0) is 4.79 Å². The highest BCUT2D eigenvalue weighted by molar-refractivity contribution is 6.04. The lowest BCUT2D eigenvalue weighted by molar-refractivity contribution is -0.118. The Morgan fingerprint density at radius 3 is 2.44 bits per heavy atom. The van der Waals surface area contributed by atoms with Crippen molar-refractivity contribution in [2.75, 3.05) is 25.6 Å². The zero-order valence-electron chi connectivity index (χ0n) is 13.7. The van der Waals surface area contributed by atoms with Gasteiger partial charge in [-0.2, -0.15) is 0 Å². The van der Waals surface area contributed by atoms with Crippen LogP contribution < -0.4 is 20.1 Å².